The second kappa shape index (κ2) is 8.95. The Kier molecular flexibility index (Phi) is 5.93. The number of nitrogens with zero attached hydrogens (tertiary/aromatic N) is 4. The fourth-order valence-corrected chi connectivity index (χ4v) is 3.62. The van der Waals surface area contributed by atoms with E-state index in [2.05, 4.69) is 27.5 Å². The molecule has 7 nitrogen and oxygen atoms in total. The first-order valence-electron chi connectivity index (χ1n) is 10.4. The van der Waals surface area contributed by atoms with Crippen LogP contribution in [0.2, 0.25) is 0 Å². The largest absolute Gasteiger partial charge is 0.352 e. The summed E-state index contributed by atoms with van der Waals surface area (Å²) in [6.45, 7) is 3.60. The smallest absolute Gasteiger partial charge is 0.352 e. The highest BCUT2D eigenvalue weighted by Gasteiger charge is 2.15. The Bertz CT molecular complexity index is 1250. The van der Waals surface area contributed by atoms with Crippen molar-refractivity contribution in [3.05, 3.63) is 88.6 Å². The SMILES string of the molecule is Cc1nc(-c2ccccc2)cc2nn(CC(=O)N[C@H](C)CCc3ccccc3)c(=O)n12. The maximum absolute atomic E-state index is 12.8. The average Bonchev–Trinajstić information content (AvgIpc) is 3.09. The molecule has 4 aromatic rings. The van der Waals surface area contributed by atoms with E-state index in [1.807, 2.05) is 55.5 Å². The van der Waals surface area contributed by atoms with E-state index < -0.39 is 0 Å². The van der Waals surface area contributed by atoms with Gasteiger partial charge >= 0.3 is 5.69 Å². The van der Waals surface area contributed by atoms with E-state index in [-0.39, 0.29) is 24.2 Å². The average molecular weight is 415 g/mol. The van der Waals surface area contributed by atoms with Gasteiger partial charge < -0.3 is 5.32 Å². The van der Waals surface area contributed by atoms with E-state index >= 15 is 0 Å². The fraction of sp³-hybridized carbons (Fsp3) is 0.250. The molecule has 0 bridgehead atoms. The van der Waals surface area contributed by atoms with Gasteiger partial charge in [-0.2, -0.15) is 0 Å². The zero-order chi connectivity index (χ0) is 21.8. The molecule has 0 saturated carbocycles. The number of hydrogen-bond acceptors (Lipinski definition) is 4. The Morgan fingerprint density at radius 1 is 1.06 bits per heavy atom. The first kappa shape index (κ1) is 20.5. The lowest BCUT2D eigenvalue weighted by Crippen LogP contribution is -2.38. The van der Waals surface area contributed by atoms with Crippen molar-refractivity contribution in [1.82, 2.24) is 24.5 Å². The molecule has 0 aliphatic rings. The van der Waals surface area contributed by atoms with Crippen molar-refractivity contribution in [3.8, 4) is 11.3 Å². The lowest BCUT2D eigenvalue weighted by Gasteiger charge is -2.13. The number of aryl methyl sites for hydroxylation is 2. The summed E-state index contributed by atoms with van der Waals surface area (Å²) in [6, 6.07) is 21.6. The lowest BCUT2D eigenvalue weighted by molar-refractivity contribution is -0.122. The highest BCUT2D eigenvalue weighted by Crippen LogP contribution is 2.18. The highest BCUT2D eigenvalue weighted by molar-refractivity contribution is 5.76. The molecule has 0 saturated heterocycles. The second-order valence-electron chi connectivity index (χ2n) is 7.68. The summed E-state index contributed by atoms with van der Waals surface area (Å²) in [4.78, 5) is 29.8. The molecule has 2 aromatic heterocycles. The molecule has 31 heavy (non-hydrogen) atoms. The van der Waals surface area contributed by atoms with E-state index in [1.54, 1.807) is 13.0 Å². The van der Waals surface area contributed by atoms with Crippen molar-refractivity contribution in [1.29, 1.82) is 0 Å². The summed E-state index contributed by atoms with van der Waals surface area (Å²) >= 11 is 0. The van der Waals surface area contributed by atoms with Crippen LogP contribution in [0.5, 0.6) is 0 Å². The molecule has 2 aromatic carbocycles. The summed E-state index contributed by atoms with van der Waals surface area (Å²) in [5.41, 5.74) is 3.02. The van der Waals surface area contributed by atoms with Crippen LogP contribution in [0.3, 0.4) is 0 Å². The first-order valence-corrected chi connectivity index (χ1v) is 10.4. The molecular weight excluding hydrogens is 390 g/mol. The Balaban J connectivity index is 1.46. The van der Waals surface area contributed by atoms with Gasteiger partial charge in [-0.25, -0.2) is 18.9 Å². The summed E-state index contributed by atoms with van der Waals surface area (Å²) < 4.78 is 2.62. The maximum atomic E-state index is 12.8. The summed E-state index contributed by atoms with van der Waals surface area (Å²) in [5.74, 6) is 0.296. The van der Waals surface area contributed by atoms with Crippen LogP contribution in [0, 0.1) is 6.92 Å². The predicted molar refractivity (Wildman–Crippen MR) is 120 cm³/mol. The molecule has 0 unspecified atom stereocenters. The molecule has 1 N–H and O–H groups in total. The van der Waals surface area contributed by atoms with Gasteiger partial charge in [0.2, 0.25) is 5.91 Å². The van der Waals surface area contributed by atoms with Gasteiger partial charge in [-0.1, -0.05) is 60.7 Å². The number of carbonyl (C=O) groups is 1. The molecule has 1 amide bonds. The van der Waals surface area contributed by atoms with Crippen molar-refractivity contribution in [3.63, 3.8) is 0 Å². The van der Waals surface area contributed by atoms with Gasteiger partial charge in [-0.3, -0.25) is 4.79 Å². The minimum Gasteiger partial charge on any atom is -0.352 e. The Morgan fingerprint density at radius 2 is 1.74 bits per heavy atom. The third kappa shape index (κ3) is 4.71. The molecule has 158 valence electrons. The maximum Gasteiger partial charge on any atom is 0.352 e. The number of amides is 1. The van der Waals surface area contributed by atoms with Crippen LogP contribution in [-0.2, 0) is 17.8 Å². The monoisotopic (exact) mass is 415 g/mol. The molecule has 1 atom stereocenters. The minimum absolute atomic E-state index is 0.00599. The fourth-order valence-electron chi connectivity index (χ4n) is 3.62. The van der Waals surface area contributed by atoms with Crippen LogP contribution in [0.25, 0.3) is 16.9 Å². The van der Waals surface area contributed by atoms with E-state index in [0.717, 1.165) is 24.1 Å². The van der Waals surface area contributed by atoms with E-state index in [0.29, 0.717) is 11.5 Å². The van der Waals surface area contributed by atoms with Gasteiger partial charge in [-0.05, 0) is 32.3 Å². The van der Waals surface area contributed by atoms with Gasteiger partial charge in [0.15, 0.2) is 5.65 Å². The Hall–Kier alpha value is -3.74. The number of nitrogens with one attached hydrogen (secondary N) is 1. The Labute approximate surface area is 180 Å². The van der Waals surface area contributed by atoms with Crippen LogP contribution in [-0.4, -0.2) is 31.1 Å². The minimum atomic E-state index is -0.369. The van der Waals surface area contributed by atoms with Gasteiger partial charge in [-0.15, -0.1) is 5.10 Å². The van der Waals surface area contributed by atoms with Crippen molar-refractivity contribution < 1.29 is 4.79 Å². The lowest BCUT2D eigenvalue weighted by atomic mass is 10.1. The van der Waals surface area contributed by atoms with Crippen LogP contribution in [0.4, 0.5) is 0 Å². The Morgan fingerprint density at radius 3 is 2.45 bits per heavy atom. The molecule has 0 radical (unpaired) electrons. The van der Waals surface area contributed by atoms with E-state index in [1.165, 1.54) is 14.6 Å². The topological polar surface area (TPSA) is 81.3 Å². The van der Waals surface area contributed by atoms with Gasteiger partial charge in [0.05, 0.1) is 5.69 Å². The van der Waals surface area contributed by atoms with Crippen LogP contribution < -0.4 is 11.0 Å². The van der Waals surface area contributed by atoms with Crippen molar-refractivity contribution in [2.45, 2.75) is 39.3 Å². The number of aromatic nitrogens is 4. The van der Waals surface area contributed by atoms with E-state index in [4.69, 9.17) is 0 Å². The quantitative estimate of drug-likeness (QED) is 0.503. The number of rotatable bonds is 7. The number of fused-ring (bicyclic) bond motifs is 1. The molecule has 0 aliphatic carbocycles. The molecule has 0 aliphatic heterocycles. The molecule has 0 fully saturated rings. The second-order valence-corrected chi connectivity index (χ2v) is 7.68. The standard InChI is InChI=1S/C24H25N5O2/c1-17(13-14-19-9-5-3-6-10-19)25-23(30)16-28-24(31)29-18(2)26-21(15-22(29)27-28)20-11-7-4-8-12-20/h3-12,15,17H,13-14,16H2,1-2H3,(H,25,30)/t17-/m1/s1. The van der Waals surface area contributed by atoms with Crippen molar-refractivity contribution in [2.75, 3.05) is 0 Å². The van der Waals surface area contributed by atoms with Gasteiger partial charge in [0.25, 0.3) is 0 Å². The third-order valence-corrected chi connectivity index (χ3v) is 5.22. The normalized spacial score (nSPS) is 12.1. The van der Waals surface area contributed by atoms with Crippen LogP contribution in [0.15, 0.2) is 71.5 Å². The van der Waals surface area contributed by atoms with Crippen LogP contribution >= 0.6 is 0 Å². The number of benzene rings is 2. The van der Waals surface area contributed by atoms with Crippen LogP contribution in [0.1, 0.15) is 24.7 Å². The summed E-state index contributed by atoms with van der Waals surface area (Å²) in [5, 5.41) is 7.32. The zero-order valence-electron chi connectivity index (χ0n) is 17.7. The first-order chi connectivity index (χ1) is 15.0. The van der Waals surface area contributed by atoms with Crippen molar-refractivity contribution >= 4 is 11.6 Å². The molecule has 2 heterocycles. The molecule has 4 rings (SSSR count). The highest BCUT2D eigenvalue weighted by atomic mass is 16.2. The predicted octanol–water partition coefficient (Wildman–Crippen LogP) is 3.00. The van der Waals surface area contributed by atoms with Gasteiger partial charge in [0, 0.05) is 17.7 Å². The third-order valence-electron chi connectivity index (χ3n) is 5.22. The van der Waals surface area contributed by atoms with Gasteiger partial charge in [0.1, 0.15) is 12.4 Å². The summed E-state index contributed by atoms with van der Waals surface area (Å²) in [6.07, 6.45) is 1.70. The molecule has 7 heteroatoms. The molecule has 0 spiro atoms. The number of hydrogen-bond donors (Lipinski definition) is 1. The van der Waals surface area contributed by atoms with E-state index in [9.17, 15) is 9.59 Å². The summed E-state index contributed by atoms with van der Waals surface area (Å²) in [7, 11) is 0. The zero-order valence-corrected chi connectivity index (χ0v) is 17.7. The van der Waals surface area contributed by atoms with Crippen molar-refractivity contribution in [2.24, 2.45) is 0 Å². The molecular formula is C24H25N5O2. The number of carbonyl (C=O) groups excluding carboxylic acids is 1.